The highest BCUT2D eigenvalue weighted by Crippen LogP contribution is 2.33. The Balaban J connectivity index is 1.72. The highest BCUT2D eigenvalue weighted by atomic mass is 16.5. The molecule has 1 aromatic rings. The van der Waals surface area contributed by atoms with Gasteiger partial charge in [0.05, 0.1) is 18.6 Å². The maximum absolute atomic E-state index is 12.4. The van der Waals surface area contributed by atoms with Crippen molar-refractivity contribution in [1.29, 1.82) is 0 Å². The Morgan fingerprint density at radius 3 is 2.54 bits per heavy atom. The molecule has 2 nitrogen and oxygen atoms in total. The summed E-state index contributed by atoms with van der Waals surface area (Å²) in [6.07, 6.45) is 18.8. The molecule has 0 aliphatic heterocycles. The normalized spacial score (nSPS) is 19.7. The van der Waals surface area contributed by atoms with Crippen LogP contribution >= 0.6 is 0 Å². The molecule has 0 aromatic heterocycles. The molecule has 0 saturated carbocycles. The van der Waals surface area contributed by atoms with E-state index in [0.717, 1.165) is 18.4 Å². The van der Waals surface area contributed by atoms with E-state index in [2.05, 4.69) is 37.3 Å². The maximum Gasteiger partial charge on any atom is 0.149 e. The first-order valence-electron chi connectivity index (χ1n) is 10.2. The summed E-state index contributed by atoms with van der Waals surface area (Å²) in [5, 5.41) is 0. The van der Waals surface area contributed by atoms with Crippen molar-refractivity contribution in [2.24, 2.45) is 5.41 Å². The predicted molar refractivity (Wildman–Crippen MR) is 109 cm³/mol. The molecule has 142 valence electrons. The zero-order chi connectivity index (χ0) is 18.5. The van der Waals surface area contributed by atoms with Gasteiger partial charge in [0.15, 0.2) is 0 Å². The van der Waals surface area contributed by atoms with Crippen molar-refractivity contribution in [3.63, 3.8) is 0 Å². The molecule has 0 unspecified atom stereocenters. The lowest BCUT2D eigenvalue weighted by molar-refractivity contribution is -0.127. The van der Waals surface area contributed by atoms with Gasteiger partial charge < -0.3 is 4.74 Å². The van der Waals surface area contributed by atoms with Gasteiger partial charge in [0, 0.05) is 6.42 Å². The van der Waals surface area contributed by atoms with E-state index >= 15 is 0 Å². The molecular weight excluding hydrogens is 320 g/mol. The van der Waals surface area contributed by atoms with Crippen LogP contribution < -0.4 is 0 Å². The van der Waals surface area contributed by atoms with E-state index in [4.69, 9.17) is 4.74 Å². The van der Waals surface area contributed by atoms with Crippen molar-refractivity contribution in [3.05, 3.63) is 60.2 Å². The van der Waals surface area contributed by atoms with E-state index in [-0.39, 0.29) is 5.78 Å². The first-order valence-corrected chi connectivity index (χ1v) is 10.2. The second kappa shape index (κ2) is 11.9. The first kappa shape index (κ1) is 20.6. The molecule has 2 rings (SSSR count). The van der Waals surface area contributed by atoms with E-state index in [1.54, 1.807) is 0 Å². The minimum absolute atomic E-state index is 0.287. The summed E-state index contributed by atoms with van der Waals surface area (Å²) < 4.78 is 5.90. The molecular formula is C24H34O2. The number of ketones is 1. The zero-order valence-corrected chi connectivity index (χ0v) is 16.3. The number of ether oxygens (including phenoxy) is 1. The fourth-order valence-electron chi connectivity index (χ4n) is 3.44. The zero-order valence-electron chi connectivity index (χ0n) is 16.3. The second-order valence-electron chi connectivity index (χ2n) is 7.40. The highest BCUT2D eigenvalue weighted by molar-refractivity contribution is 5.91. The number of carbonyl (C=O) groups excluding carboxylic acids is 1. The summed E-state index contributed by atoms with van der Waals surface area (Å²) in [5.74, 6) is 0.287. The molecule has 0 spiro atoms. The van der Waals surface area contributed by atoms with Crippen LogP contribution in [0.2, 0.25) is 0 Å². The lowest BCUT2D eigenvalue weighted by Gasteiger charge is -2.24. The first-order chi connectivity index (χ1) is 12.8. The number of carbonyl (C=O) groups is 1. The molecule has 1 atom stereocenters. The Morgan fingerprint density at radius 1 is 1.04 bits per heavy atom. The van der Waals surface area contributed by atoms with Crippen molar-refractivity contribution in [3.8, 4) is 0 Å². The molecule has 0 radical (unpaired) electrons. The van der Waals surface area contributed by atoms with Crippen LogP contribution in [0.5, 0.6) is 0 Å². The summed E-state index contributed by atoms with van der Waals surface area (Å²) in [5.41, 5.74) is 0.697. The van der Waals surface area contributed by atoms with E-state index in [0.29, 0.717) is 19.6 Å². The van der Waals surface area contributed by atoms with Gasteiger partial charge in [-0.25, -0.2) is 0 Å². The molecule has 1 aliphatic carbocycles. The van der Waals surface area contributed by atoms with Crippen LogP contribution in [0.4, 0.5) is 0 Å². The summed E-state index contributed by atoms with van der Waals surface area (Å²) >= 11 is 0. The van der Waals surface area contributed by atoms with Crippen molar-refractivity contribution in [2.75, 3.05) is 6.61 Å². The van der Waals surface area contributed by atoms with Crippen LogP contribution in [0.3, 0.4) is 0 Å². The van der Waals surface area contributed by atoms with Crippen LogP contribution in [0.25, 0.3) is 0 Å². The summed E-state index contributed by atoms with van der Waals surface area (Å²) in [6.45, 7) is 3.28. The summed E-state index contributed by atoms with van der Waals surface area (Å²) in [4.78, 5) is 12.4. The summed E-state index contributed by atoms with van der Waals surface area (Å²) in [6, 6.07) is 10.1. The van der Waals surface area contributed by atoms with Crippen molar-refractivity contribution < 1.29 is 9.53 Å². The van der Waals surface area contributed by atoms with Crippen LogP contribution in [-0.4, -0.2) is 12.4 Å². The van der Waals surface area contributed by atoms with Gasteiger partial charge in [0.25, 0.3) is 0 Å². The van der Waals surface area contributed by atoms with Gasteiger partial charge in [0.1, 0.15) is 5.78 Å². The molecule has 1 aliphatic rings. The van der Waals surface area contributed by atoms with Crippen molar-refractivity contribution in [1.82, 2.24) is 0 Å². The van der Waals surface area contributed by atoms with Gasteiger partial charge >= 0.3 is 0 Å². The molecule has 0 fully saturated rings. The minimum atomic E-state index is -0.452. The van der Waals surface area contributed by atoms with Crippen LogP contribution in [0.1, 0.15) is 70.3 Å². The SMILES string of the molecule is CCCCCCCC/C=C/C[C@]1(COCc2ccccc2)C=CCC1=O. The minimum Gasteiger partial charge on any atom is -0.375 e. The van der Waals surface area contributed by atoms with Crippen molar-refractivity contribution in [2.45, 2.75) is 71.3 Å². The Kier molecular flexibility index (Phi) is 9.41. The van der Waals surface area contributed by atoms with Gasteiger partial charge in [-0.15, -0.1) is 0 Å². The lowest BCUT2D eigenvalue weighted by Crippen LogP contribution is -2.30. The molecule has 26 heavy (non-hydrogen) atoms. The molecule has 1 aromatic carbocycles. The molecule has 2 heteroatoms. The van der Waals surface area contributed by atoms with Crippen LogP contribution in [-0.2, 0) is 16.1 Å². The Hall–Kier alpha value is -1.67. The van der Waals surface area contributed by atoms with E-state index in [1.807, 2.05) is 24.3 Å². The molecule has 0 N–H and O–H groups in total. The largest absolute Gasteiger partial charge is 0.375 e. The van der Waals surface area contributed by atoms with Gasteiger partial charge in [-0.05, 0) is 24.8 Å². The smallest absolute Gasteiger partial charge is 0.149 e. The number of rotatable bonds is 13. The average Bonchev–Trinajstić information content (AvgIpc) is 3.02. The monoisotopic (exact) mass is 354 g/mol. The van der Waals surface area contributed by atoms with Gasteiger partial charge in [-0.1, -0.05) is 93.7 Å². The standard InChI is InChI=1S/C24H34O2/c1-2-3-4-5-6-7-8-9-13-18-24(19-14-17-23(24)25)21-26-20-22-15-11-10-12-16-22/h9-16,19H,2-8,17-18,20-21H2,1H3/b13-9+/t24-/m1/s1. The highest BCUT2D eigenvalue weighted by Gasteiger charge is 2.37. The Labute approximate surface area is 159 Å². The van der Waals surface area contributed by atoms with Gasteiger partial charge in [0.2, 0.25) is 0 Å². The second-order valence-corrected chi connectivity index (χ2v) is 7.40. The number of allylic oxidation sites excluding steroid dienone is 3. The topological polar surface area (TPSA) is 26.3 Å². The number of unbranched alkanes of at least 4 members (excludes halogenated alkanes) is 6. The van der Waals surface area contributed by atoms with Crippen LogP contribution in [0.15, 0.2) is 54.6 Å². The van der Waals surface area contributed by atoms with Crippen LogP contribution in [0, 0.1) is 5.41 Å². The average molecular weight is 355 g/mol. The molecule has 0 heterocycles. The third-order valence-corrected chi connectivity index (χ3v) is 5.14. The fraction of sp³-hybridized carbons (Fsp3) is 0.542. The lowest BCUT2D eigenvalue weighted by atomic mass is 9.83. The Morgan fingerprint density at radius 2 is 1.81 bits per heavy atom. The van der Waals surface area contributed by atoms with Gasteiger partial charge in [-0.3, -0.25) is 4.79 Å². The number of hydrogen-bond donors (Lipinski definition) is 0. The van der Waals surface area contributed by atoms with Gasteiger partial charge in [-0.2, -0.15) is 0 Å². The number of Topliss-reactive ketones (excluding diaryl/α,β-unsaturated/α-hetero) is 1. The number of hydrogen-bond acceptors (Lipinski definition) is 2. The number of benzene rings is 1. The summed E-state index contributed by atoms with van der Waals surface area (Å²) in [7, 11) is 0. The molecule has 0 bridgehead atoms. The predicted octanol–water partition coefficient (Wildman–Crippen LogP) is 6.42. The molecule has 0 saturated heterocycles. The maximum atomic E-state index is 12.4. The third kappa shape index (κ3) is 6.92. The third-order valence-electron chi connectivity index (χ3n) is 5.14. The quantitative estimate of drug-likeness (QED) is 0.302. The van der Waals surface area contributed by atoms with E-state index in [9.17, 15) is 4.79 Å². The Bertz CT molecular complexity index is 573. The molecule has 0 amide bonds. The fourth-order valence-corrected chi connectivity index (χ4v) is 3.44. The van der Waals surface area contributed by atoms with Crippen molar-refractivity contribution >= 4 is 5.78 Å². The van der Waals surface area contributed by atoms with E-state index in [1.165, 1.54) is 38.5 Å². The van der Waals surface area contributed by atoms with E-state index < -0.39 is 5.41 Å².